The molecule has 5 nitrogen and oxygen atoms in total. The Morgan fingerprint density at radius 1 is 1.53 bits per heavy atom. The largest absolute Gasteiger partial charge is 0.499 e. The number of hydrogen-bond acceptors (Lipinski definition) is 4. The van der Waals surface area contributed by atoms with E-state index in [1.165, 1.54) is 0 Å². The smallest absolute Gasteiger partial charge is 0.207 e. The van der Waals surface area contributed by atoms with Crippen LogP contribution in [0.1, 0.15) is 0 Å². The van der Waals surface area contributed by atoms with Crippen molar-refractivity contribution in [3.05, 3.63) is 46.2 Å². The highest BCUT2D eigenvalue weighted by Gasteiger charge is 2.30. The summed E-state index contributed by atoms with van der Waals surface area (Å²) in [6.45, 7) is 1.39. The molecule has 3 heterocycles. The number of nitrogens with one attached hydrogen (secondary N) is 1. The van der Waals surface area contributed by atoms with E-state index in [9.17, 15) is 4.79 Å². The van der Waals surface area contributed by atoms with E-state index in [2.05, 4.69) is 25.8 Å². The number of pyridine rings is 1. The van der Waals surface area contributed by atoms with Crippen molar-refractivity contribution in [1.82, 2.24) is 4.98 Å². The van der Waals surface area contributed by atoms with Crippen molar-refractivity contribution in [2.24, 2.45) is 0 Å². The minimum atomic E-state index is 0.0240. The van der Waals surface area contributed by atoms with Gasteiger partial charge in [-0.15, -0.1) is 0 Å². The van der Waals surface area contributed by atoms with Crippen molar-refractivity contribution in [3.63, 3.8) is 0 Å². The van der Waals surface area contributed by atoms with Gasteiger partial charge in [-0.05, 0) is 0 Å². The highest BCUT2D eigenvalue weighted by Crippen LogP contribution is 2.36. The lowest BCUT2D eigenvalue weighted by Gasteiger charge is -2.32. The number of ether oxygens (including phenoxy) is 1. The number of aromatic amines is 1. The fourth-order valence-electron chi connectivity index (χ4n) is 2.41. The Hall–Kier alpha value is -1.69. The Morgan fingerprint density at radius 3 is 3.11 bits per heavy atom. The summed E-state index contributed by atoms with van der Waals surface area (Å²) in [5.41, 5.74) is 1.75. The Morgan fingerprint density at radius 2 is 2.37 bits per heavy atom. The molecule has 6 heteroatoms. The van der Waals surface area contributed by atoms with Crippen molar-refractivity contribution in [1.29, 1.82) is 0 Å². The Bertz CT molecular complexity index is 621. The standard InChI is InChI=1S/C13H14BrN3O2/c1-19-10-6-9-7-16(5-3-14)12-11(18)2-4-15-13(12)17(9)8-10/h2,4,6-7H,3,5,8H2,1H3,(H,15,18). The lowest BCUT2D eigenvalue weighted by molar-refractivity contribution is 0.290. The highest BCUT2D eigenvalue weighted by molar-refractivity contribution is 9.09. The molecular formula is C13H14BrN3O2. The Balaban J connectivity index is 2.11. The molecule has 0 radical (unpaired) electrons. The summed E-state index contributed by atoms with van der Waals surface area (Å²) >= 11 is 3.42. The summed E-state index contributed by atoms with van der Waals surface area (Å²) in [5.74, 6) is 1.72. The van der Waals surface area contributed by atoms with Crippen molar-refractivity contribution in [3.8, 4) is 0 Å². The van der Waals surface area contributed by atoms with Crippen LogP contribution in [0.2, 0.25) is 0 Å². The molecule has 0 fully saturated rings. The SMILES string of the molecule is COC1=CC2=CN(CCBr)c3c([nH]ccc3=O)N2C1. The second kappa shape index (κ2) is 4.77. The molecule has 1 N–H and O–H groups in total. The number of methoxy groups -OCH3 is 1. The second-order valence-corrected chi connectivity index (χ2v) is 5.17. The third-order valence-corrected chi connectivity index (χ3v) is 3.63. The zero-order valence-corrected chi connectivity index (χ0v) is 12.1. The van der Waals surface area contributed by atoms with Gasteiger partial charge in [0.05, 0.1) is 19.4 Å². The monoisotopic (exact) mass is 323 g/mol. The molecule has 0 aliphatic carbocycles. The zero-order valence-electron chi connectivity index (χ0n) is 10.5. The van der Waals surface area contributed by atoms with Crippen molar-refractivity contribution < 1.29 is 4.74 Å². The topological polar surface area (TPSA) is 48.6 Å². The second-order valence-electron chi connectivity index (χ2n) is 4.38. The third kappa shape index (κ3) is 1.96. The van der Waals surface area contributed by atoms with Gasteiger partial charge >= 0.3 is 0 Å². The number of aromatic nitrogens is 1. The predicted octanol–water partition coefficient (Wildman–Crippen LogP) is 1.78. The number of hydrogen-bond donors (Lipinski definition) is 1. The molecule has 100 valence electrons. The van der Waals surface area contributed by atoms with Crippen LogP contribution in [0.4, 0.5) is 11.5 Å². The normalized spacial score (nSPS) is 16.7. The number of allylic oxidation sites excluding steroid dienone is 1. The maximum atomic E-state index is 12.1. The average Bonchev–Trinajstić information content (AvgIpc) is 2.82. The molecule has 1 aromatic heterocycles. The van der Waals surface area contributed by atoms with Gasteiger partial charge in [-0.1, -0.05) is 15.9 Å². The van der Waals surface area contributed by atoms with E-state index in [0.717, 1.165) is 29.1 Å². The van der Waals surface area contributed by atoms with Crippen LogP contribution in [-0.4, -0.2) is 30.5 Å². The van der Waals surface area contributed by atoms with Gasteiger partial charge in [-0.2, -0.15) is 0 Å². The first-order valence-electron chi connectivity index (χ1n) is 6.03. The van der Waals surface area contributed by atoms with Crippen molar-refractivity contribution in [2.75, 3.05) is 35.3 Å². The first-order chi connectivity index (χ1) is 9.24. The molecule has 3 rings (SSSR count). The maximum Gasteiger partial charge on any atom is 0.207 e. The molecule has 0 saturated carbocycles. The van der Waals surface area contributed by atoms with Gasteiger partial charge in [-0.25, -0.2) is 0 Å². The molecule has 0 spiro atoms. The van der Waals surface area contributed by atoms with Gasteiger partial charge in [0.1, 0.15) is 17.3 Å². The summed E-state index contributed by atoms with van der Waals surface area (Å²) in [5, 5.41) is 0.797. The van der Waals surface area contributed by atoms with Gasteiger partial charge in [-0.3, -0.25) is 4.79 Å². The number of fused-ring (bicyclic) bond motifs is 3. The quantitative estimate of drug-likeness (QED) is 0.861. The van der Waals surface area contributed by atoms with E-state index in [1.807, 2.05) is 17.2 Å². The van der Waals surface area contributed by atoms with Crippen LogP contribution in [0.5, 0.6) is 0 Å². The molecule has 19 heavy (non-hydrogen) atoms. The van der Waals surface area contributed by atoms with Gasteiger partial charge < -0.3 is 19.5 Å². The number of H-pyrrole nitrogens is 1. The summed E-state index contributed by atoms with van der Waals surface area (Å²) < 4.78 is 5.30. The van der Waals surface area contributed by atoms with Crippen molar-refractivity contribution >= 4 is 27.4 Å². The van der Waals surface area contributed by atoms with Crippen LogP contribution in [-0.2, 0) is 4.74 Å². The zero-order chi connectivity index (χ0) is 13.4. The van der Waals surface area contributed by atoms with E-state index in [0.29, 0.717) is 12.2 Å². The van der Waals surface area contributed by atoms with E-state index in [1.54, 1.807) is 19.4 Å². The number of rotatable bonds is 3. The maximum absolute atomic E-state index is 12.1. The van der Waals surface area contributed by atoms with E-state index >= 15 is 0 Å². The van der Waals surface area contributed by atoms with Crippen LogP contribution in [0.15, 0.2) is 40.8 Å². The number of alkyl halides is 1. The van der Waals surface area contributed by atoms with E-state index < -0.39 is 0 Å². The molecule has 0 amide bonds. The minimum Gasteiger partial charge on any atom is -0.499 e. The first kappa shape index (κ1) is 12.3. The molecule has 0 unspecified atom stereocenters. The molecular weight excluding hydrogens is 310 g/mol. The summed E-state index contributed by atoms with van der Waals surface area (Å²) in [4.78, 5) is 19.3. The van der Waals surface area contributed by atoms with Crippen LogP contribution < -0.4 is 15.2 Å². The molecule has 0 bridgehead atoms. The lowest BCUT2D eigenvalue weighted by Crippen LogP contribution is -2.35. The fourth-order valence-corrected chi connectivity index (χ4v) is 2.79. The van der Waals surface area contributed by atoms with Crippen LogP contribution in [0.25, 0.3) is 0 Å². The summed E-state index contributed by atoms with van der Waals surface area (Å²) in [6, 6.07) is 1.56. The number of halogens is 1. The Kier molecular flexibility index (Phi) is 3.10. The molecule has 2 aliphatic heterocycles. The number of anilines is 2. The van der Waals surface area contributed by atoms with E-state index in [4.69, 9.17) is 4.74 Å². The predicted molar refractivity (Wildman–Crippen MR) is 78.7 cm³/mol. The lowest BCUT2D eigenvalue weighted by atomic mass is 10.2. The molecule has 0 saturated heterocycles. The average molecular weight is 324 g/mol. The highest BCUT2D eigenvalue weighted by atomic mass is 79.9. The molecule has 0 atom stereocenters. The van der Waals surface area contributed by atoms with Crippen LogP contribution in [0.3, 0.4) is 0 Å². The van der Waals surface area contributed by atoms with Crippen molar-refractivity contribution in [2.45, 2.75) is 0 Å². The van der Waals surface area contributed by atoms with Gasteiger partial charge in [0.15, 0.2) is 0 Å². The van der Waals surface area contributed by atoms with E-state index in [-0.39, 0.29) is 5.43 Å². The van der Waals surface area contributed by atoms with Gasteiger partial charge in [0.2, 0.25) is 5.43 Å². The molecule has 2 aliphatic rings. The summed E-state index contributed by atoms with van der Waals surface area (Å²) in [6.07, 6.45) is 5.67. The van der Waals surface area contributed by atoms with Crippen LogP contribution in [0, 0.1) is 0 Å². The molecule has 0 aromatic carbocycles. The summed E-state index contributed by atoms with van der Waals surface area (Å²) in [7, 11) is 1.66. The fraction of sp³-hybridized carbons (Fsp3) is 0.308. The number of nitrogens with zero attached hydrogens (tertiary/aromatic N) is 2. The van der Waals surface area contributed by atoms with Gasteiger partial charge in [0, 0.05) is 36.4 Å². The van der Waals surface area contributed by atoms with Crippen LogP contribution >= 0.6 is 15.9 Å². The Labute approximate surface area is 119 Å². The van der Waals surface area contributed by atoms with Gasteiger partial charge in [0.25, 0.3) is 0 Å². The first-order valence-corrected chi connectivity index (χ1v) is 7.15. The minimum absolute atomic E-state index is 0.0240. The third-order valence-electron chi connectivity index (χ3n) is 3.28. The molecule has 1 aromatic rings.